The molecular formula is C18H13ClF3NO4. The second-order valence-electron chi connectivity index (χ2n) is 5.30. The predicted octanol–water partition coefficient (Wildman–Crippen LogP) is 4.96. The second kappa shape index (κ2) is 8.18. The van der Waals surface area contributed by atoms with Crippen LogP contribution in [-0.2, 0) is 15.7 Å². The van der Waals surface area contributed by atoms with E-state index >= 15 is 0 Å². The van der Waals surface area contributed by atoms with Gasteiger partial charge in [-0.3, -0.25) is 0 Å². The van der Waals surface area contributed by atoms with E-state index in [0.29, 0.717) is 0 Å². The Kier molecular flexibility index (Phi) is 6.18. The first-order valence-corrected chi connectivity index (χ1v) is 7.86. The molecule has 2 aromatic rings. The highest BCUT2D eigenvalue weighted by molar-refractivity contribution is 6.32. The van der Waals surface area contributed by atoms with Crippen molar-refractivity contribution < 1.29 is 32.2 Å². The summed E-state index contributed by atoms with van der Waals surface area (Å²) in [6.07, 6.45) is -5.51. The van der Waals surface area contributed by atoms with Crippen LogP contribution >= 0.6 is 11.6 Å². The van der Waals surface area contributed by atoms with Gasteiger partial charge in [0, 0.05) is 6.07 Å². The highest BCUT2D eigenvalue weighted by atomic mass is 35.5. The van der Waals surface area contributed by atoms with Crippen molar-refractivity contribution in [2.45, 2.75) is 19.2 Å². The van der Waals surface area contributed by atoms with Gasteiger partial charge in [0.25, 0.3) is 0 Å². The van der Waals surface area contributed by atoms with Crippen LogP contribution in [-0.4, -0.2) is 19.2 Å². The number of esters is 1. The highest BCUT2D eigenvalue weighted by Gasteiger charge is 2.31. The molecule has 0 aromatic heterocycles. The monoisotopic (exact) mass is 399 g/mol. The molecule has 0 spiro atoms. The van der Waals surface area contributed by atoms with Crippen LogP contribution in [0.15, 0.2) is 36.4 Å². The minimum absolute atomic E-state index is 0.0126. The molecular weight excluding hydrogens is 387 g/mol. The standard InChI is InChI=1S/C18H13ClF3NO4/c1-10(17(24)25-2)26-16-8-13(5-3-11(16)9-23)27-15-6-4-12(7-14(15)19)18(20,21)22/h3-8,10H,1-2H3. The van der Waals surface area contributed by atoms with Crippen molar-refractivity contribution in [2.75, 3.05) is 7.11 Å². The van der Waals surface area contributed by atoms with Crippen molar-refractivity contribution in [3.05, 3.63) is 52.5 Å². The van der Waals surface area contributed by atoms with Crippen molar-refractivity contribution in [1.82, 2.24) is 0 Å². The molecule has 0 N–H and O–H groups in total. The average Bonchev–Trinajstić information content (AvgIpc) is 2.62. The Hall–Kier alpha value is -2.92. The Morgan fingerprint density at radius 1 is 1.19 bits per heavy atom. The number of halogens is 4. The minimum Gasteiger partial charge on any atom is -0.477 e. The third-order valence-electron chi connectivity index (χ3n) is 3.40. The van der Waals surface area contributed by atoms with Crippen molar-refractivity contribution >= 4 is 17.6 Å². The topological polar surface area (TPSA) is 68.6 Å². The summed E-state index contributed by atoms with van der Waals surface area (Å²) in [6, 6.07) is 8.69. The van der Waals surface area contributed by atoms with Gasteiger partial charge >= 0.3 is 12.1 Å². The first kappa shape index (κ1) is 20.4. The maximum absolute atomic E-state index is 12.7. The van der Waals surface area contributed by atoms with Gasteiger partial charge in [-0.15, -0.1) is 0 Å². The zero-order valence-electron chi connectivity index (χ0n) is 14.1. The number of nitrogens with zero attached hydrogens (tertiary/aromatic N) is 1. The van der Waals surface area contributed by atoms with Gasteiger partial charge in [0.1, 0.15) is 23.3 Å². The lowest BCUT2D eigenvalue weighted by atomic mass is 10.2. The van der Waals surface area contributed by atoms with Crippen LogP contribution in [0.3, 0.4) is 0 Å². The number of hydrogen-bond donors (Lipinski definition) is 0. The van der Waals surface area contributed by atoms with E-state index in [-0.39, 0.29) is 27.8 Å². The van der Waals surface area contributed by atoms with E-state index < -0.39 is 23.8 Å². The number of carbonyl (C=O) groups is 1. The Morgan fingerprint density at radius 3 is 2.44 bits per heavy atom. The molecule has 0 aliphatic rings. The summed E-state index contributed by atoms with van der Waals surface area (Å²) in [7, 11) is 1.19. The summed E-state index contributed by atoms with van der Waals surface area (Å²) in [5, 5.41) is 8.91. The van der Waals surface area contributed by atoms with Gasteiger partial charge in [-0.05, 0) is 37.3 Å². The van der Waals surface area contributed by atoms with Crippen LogP contribution in [0.5, 0.6) is 17.2 Å². The third-order valence-corrected chi connectivity index (χ3v) is 3.69. The quantitative estimate of drug-likeness (QED) is 0.664. The lowest BCUT2D eigenvalue weighted by Gasteiger charge is -2.15. The number of benzene rings is 2. The maximum Gasteiger partial charge on any atom is 0.416 e. The van der Waals surface area contributed by atoms with Crippen LogP contribution < -0.4 is 9.47 Å². The van der Waals surface area contributed by atoms with E-state index in [1.807, 2.05) is 6.07 Å². The fourth-order valence-corrected chi connectivity index (χ4v) is 2.27. The summed E-state index contributed by atoms with van der Waals surface area (Å²) >= 11 is 5.86. The zero-order valence-corrected chi connectivity index (χ0v) is 14.9. The molecule has 0 amide bonds. The number of methoxy groups -OCH3 is 1. The van der Waals surface area contributed by atoms with Crippen LogP contribution in [0.4, 0.5) is 13.2 Å². The number of nitriles is 1. The van der Waals surface area contributed by atoms with E-state index in [1.54, 1.807) is 0 Å². The smallest absolute Gasteiger partial charge is 0.416 e. The number of rotatable bonds is 5. The molecule has 0 saturated carbocycles. The first-order valence-electron chi connectivity index (χ1n) is 7.49. The minimum atomic E-state index is -4.53. The van der Waals surface area contributed by atoms with Crippen molar-refractivity contribution in [3.8, 4) is 23.3 Å². The SMILES string of the molecule is COC(=O)C(C)Oc1cc(Oc2ccc(C(F)(F)F)cc2Cl)ccc1C#N. The van der Waals surface area contributed by atoms with E-state index in [0.717, 1.165) is 18.2 Å². The van der Waals surface area contributed by atoms with E-state index in [4.69, 9.17) is 26.3 Å². The van der Waals surface area contributed by atoms with E-state index in [2.05, 4.69) is 4.74 Å². The van der Waals surface area contributed by atoms with Crippen LogP contribution in [0.25, 0.3) is 0 Å². The van der Waals surface area contributed by atoms with Gasteiger partial charge in [0.15, 0.2) is 6.10 Å². The van der Waals surface area contributed by atoms with Crippen LogP contribution in [0, 0.1) is 11.3 Å². The van der Waals surface area contributed by atoms with Crippen molar-refractivity contribution in [1.29, 1.82) is 5.26 Å². The van der Waals surface area contributed by atoms with Gasteiger partial charge in [-0.2, -0.15) is 18.4 Å². The number of carbonyl (C=O) groups excluding carboxylic acids is 1. The van der Waals surface area contributed by atoms with Gasteiger partial charge in [-0.25, -0.2) is 4.79 Å². The van der Waals surface area contributed by atoms with Crippen molar-refractivity contribution in [2.24, 2.45) is 0 Å². The molecule has 142 valence electrons. The second-order valence-corrected chi connectivity index (χ2v) is 5.71. The third kappa shape index (κ3) is 5.05. The maximum atomic E-state index is 12.7. The fraction of sp³-hybridized carbons (Fsp3) is 0.222. The Balaban J connectivity index is 2.29. The number of alkyl halides is 3. The molecule has 0 saturated heterocycles. The van der Waals surface area contributed by atoms with Gasteiger partial charge in [0.05, 0.1) is 23.3 Å². The molecule has 0 heterocycles. The predicted molar refractivity (Wildman–Crippen MR) is 89.8 cm³/mol. The molecule has 0 radical (unpaired) electrons. The summed E-state index contributed by atoms with van der Waals surface area (Å²) < 4.78 is 53.5. The van der Waals surface area contributed by atoms with Gasteiger partial charge in [0.2, 0.25) is 0 Å². The molecule has 0 aliphatic heterocycles. The fourth-order valence-electron chi connectivity index (χ4n) is 2.05. The lowest BCUT2D eigenvalue weighted by Crippen LogP contribution is -2.25. The lowest BCUT2D eigenvalue weighted by molar-refractivity contribution is -0.148. The van der Waals surface area contributed by atoms with Gasteiger partial charge in [-0.1, -0.05) is 11.6 Å². The van der Waals surface area contributed by atoms with E-state index in [9.17, 15) is 18.0 Å². The zero-order chi connectivity index (χ0) is 20.2. The Labute approximate surface area is 157 Å². The highest BCUT2D eigenvalue weighted by Crippen LogP contribution is 2.37. The summed E-state index contributed by atoms with van der Waals surface area (Å²) in [6.45, 7) is 1.44. The molecule has 1 atom stereocenters. The number of ether oxygens (including phenoxy) is 3. The van der Waals surface area contributed by atoms with Crippen LogP contribution in [0.1, 0.15) is 18.1 Å². The first-order chi connectivity index (χ1) is 12.7. The summed E-state index contributed by atoms with van der Waals surface area (Å²) in [5.74, 6) is -0.448. The number of hydrogen-bond acceptors (Lipinski definition) is 5. The molecule has 5 nitrogen and oxygen atoms in total. The molecule has 2 aromatic carbocycles. The Morgan fingerprint density at radius 2 is 1.89 bits per heavy atom. The van der Waals surface area contributed by atoms with E-state index in [1.165, 1.54) is 32.2 Å². The Bertz CT molecular complexity index is 893. The molecule has 0 aliphatic carbocycles. The normalized spacial score (nSPS) is 12.0. The summed E-state index contributed by atoms with van der Waals surface area (Å²) in [4.78, 5) is 11.5. The summed E-state index contributed by atoms with van der Waals surface area (Å²) in [5.41, 5.74) is -0.771. The van der Waals surface area contributed by atoms with Gasteiger partial charge < -0.3 is 14.2 Å². The van der Waals surface area contributed by atoms with Crippen LogP contribution in [0.2, 0.25) is 5.02 Å². The van der Waals surface area contributed by atoms with Crippen molar-refractivity contribution in [3.63, 3.8) is 0 Å². The average molecular weight is 400 g/mol. The molecule has 1 unspecified atom stereocenters. The largest absolute Gasteiger partial charge is 0.477 e. The molecule has 2 rings (SSSR count). The molecule has 0 fully saturated rings. The molecule has 0 bridgehead atoms. The molecule has 27 heavy (non-hydrogen) atoms. The molecule has 9 heteroatoms.